The van der Waals surface area contributed by atoms with Crippen molar-refractivity contribution in [3.8, 4) is 17.9 Å². The van der Waals surface area contributed by atoms with E-state index < -0.39 is 29.8 Å². The minimum Gasteiger partial charge on any atom is -0.491 e. The lowest BCUT2D eigenvalue weighted by Gasteiger charge is -2.20. The Labute approximate surface area is 219 Å². The normalized spacial score (nSPS) is 11.2. The molecule has 0 bridgehead atoms. The Balaban J connectivity index is 2.34. The molecule has 38 heavy (non-hydrogen) atoms. The summed E-state index contributed by atoms with van der Waals surface area (Å²) in [6.45, 7) is 2.82. The number of methoxy groups -OCH3 is 1. The number of amides is 2. The van der Waals surface area contributed by atoms with E-state index in [4.69, 9.17) is 19.5 Å². The van der Waals surface area contributed by atoms with Crippen molar-refractivity contribution in [2.24, 2.45) is 0 Å². The molecule has 2 N–H and O–H groups in total. The number of rotatable bonds is 11. The van der Waals surface area contributed by atoms with Gasteiger partial charge in [0.05, 0.1) is 49.4 Å². The van der Waals surface area contributed by atoms with Crippen molar-refractivity contribution >= 4 is 29.8 Å². The second-order valence-electron chi connectivity index (χ2n) is 7.77. The van der Waals surface area contributed by atoms with Crippen LogP contribution >= 0.6 is 0 Å². The van der Waals surface area contributed by atoms with Gasteiger partial charge in [0.25, 0.3) is 5.91 Å². The second kappa shape index (κ2) is 14.4. The Hall–Kier alpha value is -5.16. The van der Waals surface area contributed by atoms with E-state index in [0.29, 0.717) is 11.1 Å². The van der Waals surface area contributed by atoms with Crippen molar-refractivity contribution in [1.29, 1.82) is 10.5 Å². The molecule has 0 unspecified atom stereocenters. The Bertz CT molecular complexity index is 1300. The van der Waals surface area contributed by atoms with Gasteiger partial charge >= 0.3 is 11.9 Å². The van der Waals surface area contributed by atoms with Crippen LogP contribution in [-0.2, 0) is 23.9 Å². The number of hydrogen-bond acceptors (Lipinski definition) is 9. The van der Waals surface area contributed by atoms with E-state index in [1.165, 1.54) is 55.5 Å². The lowest BCUT2D eigenvalue weighted by molar-refractivity contribution is -0.143. The first kappa shape index (κ1) is 29.1. The maximum Gasteiger partial charge on any atom is 0.354 e. The molecule has 1 atom stereocenters. The molecule has 0 radical (unpaired) electrons. The van der Waals surface area contributed by atoms with E-state index in [1.807, 2.05) is 12.1 Å². The average molecular weight is 519 g/mol. The van der Waals surface area contributed by atoms with Gasteiger partial charge in [-0.2, -0.15) is 10.5 Å². The number of nitrogens with zero attached hydrogens (tertiary/aromatic N) is 2. The third-order valence-corrected chi connectivity index (χ3v) is 4.93. The average Bonchev–Trinajstić information content (AvgIpc) is 2.91. The van der Waals surface area contributed by atoms with Crippen LogP contribution in [0.1, 0.15) is 47.3 Å². The minimum absolute atomic E-state index is 0.147. The highest BCUT2D eigenvalue weighted by Gasteiger charge is 2.20. The highest BCUT2D eigenvalue weighted by Crippen LogP contribution is 2.24. The molecule has 11 heteroatoms. The van der Waals surface area contributed by atoms with Gasteiger partial charge in [-0.05, 0) is 55.5 Å². The number of ether oxygens (including phenoxy) is 3. The standard InChI is InChI=1S/C27H26N4O7/c1-4-37-25(33)13-22(31-26(34)20-8-5-18(14-28)6-9-20)16-38-24-11-19(15-29)7-10-21(24)12-23(27(35)36-3)30-17(2)32/h5-12,22H,4,13,16H2,1-3H3,(H,30,32)(H,31,34)/b23-12+/t22-/m1/s1. The summed E-state index contributed by atoms with van der Waals surface area (Å²) in [6, 6.07) is 13.5. The Kier molecular flexibility index (Phi) is 11.0. The molecule has 0 aliphatic carbocycles. The van der Waals surface area contributed by atoms with E-state index in [-0.39, 0.29) is 42.2 Å². The van der Waals surface area contributed by atoms with Crippen molar-refractivity contribution in [2.75, 3.05) is 20.3 Å². The predicted octanol–water partition coefficient (Wildman–Crippen LogP) is 2.21. The fourth-order valence-electron chi connectivity index (χ4n) is 3.18. The van der Waals surface area contributed by atoms with Crippen molar-refractivity contribution in [3.05, 3.63) is 70.4 Å². The monoisotopic (exact) mass is 518 g/mol. The van der Waals surface area contributed by atoms with Gasteiger partial charge in [-0.3, -0.25) is 14.4 Å². The molecule has 2 amide bonds. The van der Waals surface area contributed by atoms with Gasteiger partial charge in [-0.1, -0.05) is 0 Å². The SMILES string of the molecule is CCOC(=O)C[C@H](COc1cc(C#N)ccc1/C=C(/NC(C)=O)C(=O)OC)NC(=O)c1ccc(C#N)cc1. The van der Waals surface area contributed by atoms with Crippen LogP contribution in [0.4, 0.5) is 0 Å². The van der Waals surface area contributed by atoms with E-state index in [9.17, 15) is 24.4 Å². The summed E-state index contributed by atoms with van der Waals surface area (Å²) >= 11 is 0. The number of carbonyl (C=O) groups is 4. The highest BCUT2D eigenvalue weighted by molar-refractivity contribution is 5.98. The summed E-state index contributed by atoms with van der Waals surface area (Å²) in [5.74, 6) is -2.22. The van der Waals surface area contributed by atoms with E-state index in [2.05, 4.69) is 10.6 Å². The molecule has 0 aromatic heterocycles. The molecule has 2 aromatic rings. The van der Waals surface area contributed by atoms with Crippen molar-refractivity contribution in [3.63, 3.8) is 0 Å². The summed E-state index contributed by atoms with van der Waals surface area (Å²) in [7, 11) is 1.16. The van der Waals surface area contributed by atoms with Gasteiger partial charge in [-0.15, -0.1) is 0 Å². The number of nitriles is 2. The molecule has 0 spiro atoms. The maximum atomic E-state index is 12.8. The zero-order chi connectivity index (χ0) is 28.1. The molecule has 0 heterocycles. The van der Waals surface area contributed by atoms with Crippen LogP contribution in [0.15, 0.2) is 48.2 Å². The highest BCUT2D eigenvalue weighted by atomic mass is 16.5. The number of carbonyl (C=O) groups excluding carboxylic acids is 4. The first-order valence-corrected chi connectivity index (χ1v) is 11.4. The number of esters is 2. The topological polar surface area (TPSA) is 168 Å². The first-order chi connectivity index (χ1) is 18.2. The summed E-state index contributed by atoms with van der Waals surface area (Å²) in [5, 5.41) is 23.4. The number of benzene rings is 2. The third-order valence-electron chi connectivity index (χ3n) is 4.93. The van der Waals surface area contributed by atoms with Gasteiger partial charge < -0.3 is 24.8 Å². The Morgan fingerprint density at radius 3 is 2.26 bits per heavy atom. The van der Waals surface area contributed by atoms with Gasteiger partial charge in [0.1, 0.15) is 18.1 Å². The fourth-order valence-corrected chi connectivity index (χ4v) is 3.18. The predicted molar refractivity (Wildman–Crippen MR) is 134 cm³/mol. The fraction of sp³-hybridized carbons (Fsp3) is 0.259. The van der Waals surface area contributed by atoms with Crippen molar-refractivity contribution in [2.45, 2.75) is 26.3 Å². The Morgan fingerprint density at radius 1 is 1.03 bits per heavy atom. The van der Waals surface area contributed by atoms with Gasteiger partial charge in [0.2, 0.25) is 5.91 Å². The van der Waals surface area contributed by atoms with Gasteiger partial charge in [0, 0.05) is 18.1 Å². The molecule has 0 aliphatic rings. The lowest BCUT2D eigenvalue weighted by atomic mass is 10.1. The Morgan fingerprint density at radius 2 is 1.68 bits per heavy atom. The molecular formula is C27H26N4O7. The zero-order valence-corrected chi connectivity index (χ0v) is 21.1. The molecule has 0 saturated carbocycles. The van der Waals surface area contributed by atoms with Crippen LogP contribution in [0, 0.1) is 22.7 Å². The third kappa shape index (κ3) is 8.81. The summed E-state index contributed by atoms with van der Waals surface area (Å²) in [5.41, 5.74) is 1.07. The number of nitrogens with one attached hydrogen (secondary N) is 2. The van der Waals surface area contributed by atoms with Crippen LogP contribution < -0.4 is 15.4 Å². The molecule has 0 fully saturated rings. The molecule has 2 aromatic carbocycles. The van der Waals surface area contributed by atoms with Crippen LogP contribution in [0.5, 0.6) is 5.75 Å². The second-order valence-corrected chi connectivity index (χ2v) is 7.77. The molecule has 11 nitrogen and oxygen atoms in total. The van der Waals surface area contributed by atoms with Crippen LogP contribution in [0.2, 0.25) is 0 Å². The molecule has 196 valence electrons. The number of hydrogen-bond donors (Lipinski definition) is 2. The molecular weight excluding hydrogens is 492 g/mol. The maximum absolute atomic E-state index is 12.8. The molecule has 2 rings (SSSR count). The van der Waals surface area contributed by atoms with Crippen LogP contribution in [-0.4, -0.2) is 50.1 Å². The van der Waals surface area contributed by atoms with Crippen molar-refractivity contribution < 1.29 is 33.4 Å². The zero-order valence-electron chi connectivity index (χ0n) is 21.1. The van der Waals surface area contributed by atoms with Gasteiger partial charge in [-0.25, -0.2) is 4.79 Å². The van der Waals surface area contributed by atoms with E-state index >= 15 is 0 Å². The minimum atomic E-state index is -0.838. The summed E-state index contributed by atoms with van der Waals surface area (Å²) in [6.07, 6.45) is 1.11. The largest absolute Gasteiger partial charge is 0.491 e. The van der Waals surface area contributed by atoms with E-state index in [0.717, 1.165) is 7.11 Å². The van der Waals surface area contributed by atoms with E-state index in [1.54, 1.807) is 6.92 Å². The summed E-state index contributed by atoms with van der Waals surface area (Å²) < 4.78 is 15.6. The van der Waals surface area contributed by atoms with Gasteiger partial charge in [0.15, 0.2) is 0 Å². The first-order valence-electron chi connectivity index (χ1n) is 11.4. The van der Waals surface area contributed by atoms with Crippen LogP contribution in [0.25, 0.3) is 6.08 Å². The molecule has 0 saturated heterocycles. The molecule has 0 aliphatic heterocycles. The van der Waals surface area contributed by atoms with Crippen LogP contribution in [0.3, 0.4) is 0 Å². The van der Waals surface area contributed by atoms with Crippen molar-refractivity contribution in [1.82, 2.24) is 10.6 Å². The lowest BCUT2D eigenvalue weighted by Crippen LogP contribution is -2.41. The summed E-state index contributed by atoms with van der Waals surface area (Å²) in [4.78, 5) is 48.6. The quantitative estimate of drug-likeness (QED) is 0.335. The smallest absolute Gasteiger partial charge is 0.354 e.